The summed E-state index contributed by atoms with van der Waals surface area (Å²) in [6, 6.07) is 9.09. The lowest BCUT2D eigenvalue weighted by atomic mass is 9.92. The number of nitrogens with one attached hydrogen (secondary N) is 2. The monoisotopic (exact) mass is 430 g/mol. The van der Waals surface area contributed by atoms with Crippen molar-refractivity contribution in [2.75, 3.05) is 30.9 Å². The number of carbonyl (C=O) groups excluding carboxylic acids is 1. The third-order valence-corrected chi connectivity index (χ3v) is 6.64. The van der Waals surface area contributed by atoms with Gasteiger partial charge in [-0.3, -0.25) is 14.5 Å². The molecule has 2 aromatic rings. The second kappa shape index (κ2) is 10.0. The molecule has 1 aliphatic rings. The van der Waals surface area contributed by atoms with E-state index in [1.54, 1.807) is 12.1 Å². The Morgan fingerprint density at radius 3 is 2.33 bits per heavy atom. The number of anilines is 1. The van der Waals surface area contributed by atoms with Crippen LogP contribution in [0.4, 0.5) is 5.69 Å². The fourth-order valence-electron chi connectivity index (χ4n) is 4.00. The van der Waals surface area contributed by atoms with Gasteiger partial charge in [-0.1, -0.05) is 13.8 Å². The van der Waals surface area contributed by atoms with Gasteiger partial charge < -0.3 is 10.2 Å². The lowest BCUT2D eigenvalue weighted by Gasteiger charge is -2.34. The Balaban J connectivity index is 1.47. The largest absolute Gasteiger partial charge is 0.352 e. The maximum Gasteiger partial charge on any atom is 0.261 e. The predicted octanol–water partition coefficient (Wildman–Crippen LogP) is 2.98. The minimum atomic E-state index is -3.71. The summed E-state index contributed by atoms with van der Waals surface area (Å²) in [5.41, 5.74) is 0.877. The molecule has 1 amide bonds. The molecular formula is C22H30N4O3S. The molecule has 7 nitrogen and oxygen atoms in total. The molecule has 0 aliphatic carbocycles. The first-order valence-corrected chi connectivity index (χ1v) is 11.9. The van der Waals surface area contributed by atoms with Crippen LogP contribution < -0.4 is 10.0 Å². The third kappa shape index (κ3) is 6.27. The molecule has 2 N–H and O–H groups in total. The lowest BCUT2D eigenvalue weighted by molar-refractivity contribution is 0.0947. The van der Waals surface area contributed by atoms with E-state index in [2.05, 4.69) is 33.8 Å². The Bertz CT molecular complexity index is 923. The van der Waals surface area contributed by atoms with E-state index in [1.165, 1.54) is 43.1 Å². The summed E-state index contributed by atoms with van der Waals surface area (Å²) < 4.78 is 27.4. The number of hydrogen-bond acceptors (Lipinski definition) is 5. The molecule has 0 saturated carbocycles. The van der Waals surface area contributed by atoms with E-state index >= 15 is 0 Å². The molecular weight excluding hydrogens is 400 g/mol. The Labute approximate surface area is 178 Å². The molecule has 0 radical (unpaired) electrons. The summed E-state index contributed by atoms with van der Waals surface area (Å²) in [6.45, 7) is 8.42. The minimum absolute atomic E-state index is 0.101. The van der Waals surface area contributed by atoms with Crippen molar-refractivity contribution < 1.29 is 13.2 Å². The van der Waals surface area contributed by atoms with Gasteiger partial charge in [0.2, 0.25) is 0 Å². The fourth-order valence-corrected chi connectivity index (χ4v) is 5.06. The number of likely N-dealkylation sites (tertiary alicyclic amines) is 1. The van der Waals surface area contributed by atoms with Crippen LogP contribution in [0.15, 0.2) is 53.7 Å². The van der Waals surface area contributed by atoms with Crippen molar-refractivity contribution in [1.29, 1.82) is 0 Å². The van der Waals surface area contributed by atoms with E-state index < -0.39 is 10.0 Å². The van der Waals surface area contributed by atoms with E-state index in [9.17, 15) is 13.2 Å². The van der Waals surface area contributed by atoms with Gasteiger partial charge in [-0.15, -0.1) is 0 Å². The summed E-state index contributed by atoms with van der Waals surface area (Å²) in [5.74, 6) is 1.26. The third-order valence-electron chi connectivity index (χ3n) is 5.24. The number of amides is 1. The zero-order chi connectivity index (χ0) is 21.6. The van der Waals surface area contributed by atoms with Crippen LogP contribution in [-0.2, 0) is 10.0 Å². The number of benzene rings is 1. The second-order valence-corrected chi connectivity index (χ2v) is 9.86. The zero-order valence-corrected chi connectivity index (χ0v) is 18.4. The van der Waals surface area contributed by atoms with Crippen molar-refractivity contribution in [1.82, 2.24) is 15.2 Å². The molecule has 8 heteroatoms. The van der Waals surface area contributed by atoms with Crippen molar-refractivity contribution in [2.45, 2.75) is 31.6 Å². The van der Waals surface area contributed by atoms with Crippen LogP contribution in [0.25, 0.3) is 0 Å². The molecule has 0 spiro atoms. The van der Waals surface area contributed by atoms with E-state index in [4.69, 9.17) is 0 Å². The average molecular weight is 431 g/mol. The molecule has 1 aromatic carbocycles. The molecule has 0 bridgehead atoms. The van der Waals surface area contributed by atoms with E-state index in [0.29, 0.717) is 17.8 Å². The normalized spacial score (nSPS) is 19.9. The first-order valence-electron chi connectivity index (χ1n) is 10.4. The van der Waals surface area contributed by atoms with E-state index in [1.807, 2.05) is 0 Å². The van der Waals surface area contributed by atoms with E-state index in [0.717, 1.165) is 37.9 Å². The summed E-state index contributed by atoms with van der Waals surface area (Å²) >= 11 is 0. The van der Waals surface area contributed by atoms with Crippen LogP contribution in [0, 0.1) is 11.8 Å². The van der Waals surface area contributed by atoms with E-state index in [-0.39, 0.29) is 10.8 Å². The van der Waals surface area contributed by atoms with Gasteiger partial charge in [-0.2, -0.15) is 0 Å². The Hall–Kier alpha value is -2.45. The molecule has 30 heavy (non-hydrogen) atoms. The molecule has 3 rings (SSSR count). The molecule has 1 fully saturated rings. The number of hydrogen-bond donors (Lipinski definition) is 2. The summed E-state index contributed by atoms with van der Waals surface area (Å²) in [5, 5.41) is 2.92. The summed E-state index contributed by atoms with van der Waals surface area (Å²) in [6.07, 6.45) is 5.21. The number of rotatable bonds is 8. The number of pyridine rings is 1. The highest BCUT2D eigenvalue weighted by atomic mass is 32.2. The fraction of sp³-hybridized carbons (Fsp3) is 0.455. The SMILES string of the molecule is CC1CC(C)CN(CCCNC(=O)c2ccc(S(=O)(=O)Nc3ccncc3)cc2)C1. The molecule has 1 saturated heterocycles. The molecule has 1 aliphatic heterocycles. The predicted molar refractivity (Wildman–Crippen MR) is 118 cm³/mol. The van der Waals surface area contributed by atoms with Crippen molar-refractivity contribution in [2.24, 2.45) is 11.8 Å². The second-order valence-electron chi connectivity index (χ2n) is 8.18. The molecule has 1 aromatic heterocycles. The van der Waals surface area contributed by atoms with Gasteiger partial charge in [0.1, 0.15) is 0 Å². The Kier molecular flexibility index (Phi) is 7.44. The van der Waals surface area contributed by atoms with Crippen LogP contribution in [0.3, 0.4) is 0 Å². The topological polar surface area (TPSA) is 91.4 Å². The highest BCUT2D eigenvalue weighted by Crippen LogP contribution is 2.20. The highest BCUT2D eigenvalue weighted by Gasteiger charge is 2.21. The van der Waals surface area contributed by atoms with Crippen LogP contribution in [0.5, 0.6) is 0 Å². The van der Waals surface area contributed by atoms with Gasteiger partial charge in [-0.25, -0.2) is 8.42 Å². The quantitative estimate of drug-likeness (QED) is 0.628. The molecule has 162 valence electrons. The molecule has 2 atom stereocenters. The van der Waals surface area contributed by atoms with Crippen LogP contribution in [0.1, 0.15) is 37.0 Å². The highest BCUT2D eigenvalue weighted by molar-refractivity contribution is 7.92. The van der Waals surface area contributed by atoms with Crippen molar-refractivity contribution in [3.8, 4) is 0 Å². The maximum absolute atomic E-state index is 12.5. The van der Waals surface area contributed by atoms with Gasteiger partial charge in [0.25, 0.3) is 15.9 Å². The van der Waals surface area contributed by atoms with Crippen LogP contribution in [-0.4, -0.2) is 50.4 Å². The maximum atomic E-state index is 12.5. The Morgan fingerprint density at radius 2 is 1.70 bits per heavy atom. The van der Waals surface area contributed by atoms with Crippen LogP contribution in [0.2, 0.25) is 0 Å². The number of carbonyl (C=O) groups is 1. The average Bonchev–Trinajstić information content (AvgIpc) is 2.71. The Morgan fingerprint density at radius 1 is 1.07 bits per heavy atom. The minimum Gasteiger partial charge on any atom is -0.352 e. The number of aromatic nitrogens is 1. The van der Waals surface area contributed by atoms with Gasteiger partial charge >= 0.3 is 0 Å². The summed E-state index contributed by atoms with van der Waals surface area (Å²) in [4.78, 5) is 18.8. The van der Waals surface area contributed by atoms with Gasteiger partial charge in [0.05, 0.1) is 10.6 Å². The van der Waals surface area contributed by atoms with Gasteiger partial charge in [0.15, 0.2) is 0 Å². The zero-order valence-electron chi connectivity index (χ0n) is 17.5. The van der Waals surface area contributed by atoms with Gasteiger partial charge in [0, 0.05) is 37.6 Å². The standard InChI is InChI=1S/C22H30N4O3S/c1-17-14-18(2)16-26(15-17)13-3-10-24-22(27)19-4-6-21(7-5-19)30(28,29)25-20-8-11-23-12-9-20/h4-9,11-12,17-18H,3,10,13-16H2,1-2H3,(H,23,25)(H,24,27). The van der Waals surface area contributed by atoms with Crippen molar-refractivity contribution >= 4 is 21.6 Å². The first kappa shape index (κ1) is 22.2. The number of nitrogens with zero attached hydrogens (tertiary/aromatic N) is 2. The molecule has 2 heterocycles. The first-order chi connectivity index (χ1) is 14.3. The smallest absolute Gasteiger partial charge is 0.261 e. The number of sulfonamides is 1. The summed E-state index contributed by atoms with van der Waals surface area (Å²) in [7, 11) is -3.71. The van der Waals surface area contributed by atoms with Crippen molar-refractivity contribution in [3.05, 3.63) is 54.4 Å². The number of piperidine rings is 1. The van der Waals surface area contributed by atoms with Gasteiger partial charge in [-0.05, 0) is 67.6 Å². The lowest BCUT2D eigenvalue weighted by Crippen LogP contribution is -2.40. The van der Waals surface area contributed by atoms with Crippen LogP contribution >= 0.6 is 0 Å². The molecule has 2 unspecified atom stereocenters. The van der Waals surface area contributed by atoms with Crippen molar-refractivity contribution in [3.63, 3.8) is 0 Å².